The lowest BCUT2D eigenvalue weighted by Crippen LogP contribution is -2.26. The predicted octanol–water partition coefficient (Wildman–Crippen LogP) is 4.60. The number of carbonyl (C=O) groups excluding carboxylic acids is 1. The number of amides is 1. The van der Waals surface area contributed by atoms with E-state index >= 15 is 0 Å². The van der Waals surface area contributed by atoms with E-state index in [1.165, 1.54) is 11.8 Å². The van der Waals surface area contributed by atoms with Gasteiger partial charge >= 0.3 is 0 Å². The lowest BCUT2D eigenvalue weighted by atomic mass is 10.2. The molecule has 0 spiro atoms. The Labute approximate surface area is 195 Å². The SMILES string of the molecule is CC(C)Cn1c(SCC(=O)Nc2ccc3c(c2)OCCCO3)nc2ccc(Cl)cc2c1=O. The summed E-state index contributed by atoms with van der Waals surface area (Å²) in [6, 6.07) is 10.4. The number of benzene rings is 2. The molecule has 4 rings (SSSR count). The van der Waals surface area contributed by atoms with Crippen molar-refractivity contribution in [3.63, 3.8) is 0 Å². The number of fused-ring (bicyclic) bond motifs is 2. The number of aromatic nitrogens is 2. The summed E-state index contributed by atoms with van der Waals surface area (Å²) in [5.41, 5.74) is 1.03. The molecule has 0 radical (unpaired) electrons. The number of hydrogen-bond acceptors (Lipinski definition) is 6. The highest BCUT2D eigenvalue weighted by molar-refractivity contribution is 7.99. The number of thioether (sulfide) groups is 1. The molecule has 0 fully saturated rings. The number of halogens is 1. The van der Waals surface area contributed by atoms with Gasteiger partial charge in [-0.15, -0.1) is 0 Å². The zero-order valence-electron chi connectivity index (χ0n) is 17.9. The molecule has 2 aromatic carbocycles. The molecule has 1 amide bonds. The van der Waals surface area contributed by atoms with Crippen LogP contribution in [0.2, 0.25) is 5.02 Å². The average Bonchev–Trinajstić information content (AvgIpc) is 3.00. The molecule has 9 heteroatoms. The summed E-state index contributed by atoms with van der Waals surface area (Å²) in [4.78, 5) is 30.3. The van der Waals surface area contributed by atoms with Crippen LogP contribution in [0.4, 0.5) is 5.69 Å². The molecule has 2 heterocycles. The van der Waals surface area contributed by atoms with Gasteiger partial charge in [-0.25, -0.2) is 4.98 Å². The Bertz CT molecular complexity index is 1210. The molecular weight excluding hydrogens is 450 g/mol. The predicted molar refractivity (Wildman–Crippen MR) is 127 cm³/mol. The highest BCUT2D eigenvalue weighted by atomic mass is 35.5. The Morgan fingerprint density at radius 3 is 2.75 bits per heavy atom. The molecule has 7 nitrogen and oxygen atoms in total. The van der Waals surface area contributed by atoms with Crippen molar-refractivity contribution in [3.8, 4) is 11.5 Å². The van der Waals surface area contributed by atoms with Crippen molar-refractivity contribution in [1.29, 1.82) is 0 Å². The van der Waals surface area contributed by atoms with Crippen LogP contribution < -0.4 is 20.3 Å². The van der Waals surface area contributed by atoms with E-state index in [1.807, 2.05) is 13.8 Å². The van der Waals surface area contributed by atoms with Gasteiger partial charge in [0.05, 0.1) is 29.9 Å². The maximum Gasteiger partial charge on any atom is 0.262 e. The van der Waals surface area contributed by atoms with Crippen molar-refractivity contribution >= 4 is 45.9 Å². The number of nitrogens with zero attached hydrogens (tertiary/aromatic N) is 2. The van der Waals surface area contributed by atoms with E-state index in [9.17, 15) is 9.59 Å². The molecule has 3 aromatic rings. The monoisotopic (exact) mass is 473 g/mol. The van der Waals surface area contributed by atoms with Gasteiger partial charge in [0.2, 0.25) is 5.91 Å². The first-order chi connectivity index (χ1) is 15.4. The van der Waals surface area contributed by atoms with E-state index in [1.54, 1.807) is 41.0 Å². The van der Waals surface area contributed by atoms with Gasteiger partial charge in [-0.1, -0.05) is 37.2 Å². The molecule has 0 saturated heterocycles. The Morgan fingerprint density at radius 1 is 1.19 bits per heavy atom. The molecule has 0 atom stereocenters. The van der Waals surface area contributed by atoms with E-state index in [-0.39, 0.29) is 23.1 Å². The van der Waals surface area contributed by atoms with Crippen molar-refractivity contribution in [2.75, 3.05) is 24.3 Å². The van der Waals surface area contributed by atoms with Gasteiger partial charge in [-0.05, 0) is 36.2 Å². The Balaban J connectivity index is 1.52. The third-order valence-corrected chi connectivity index (χ3v) is 6.00. The molecule has 0 saturated carbocycles. The number of ether oxygens (including phenoxy) is 2. The van der Waals surface area contributed by atoms with Crippen LogP contribution in [0.25, 0.3) is 10.9 Å². The zero-order chi connectivity index (χ0) is 22.7. The number of nitrogens with one attached hydrogen (secondary N) is 1. The molecular formula is C23H24ClN3O4S. The van der Waals surface area contributed by atoms with Crippen LogP contribution in [-0.2, 0) is 11.3 Å². The van der Waals surface area contributed by atoms with Crippen molar-refractivity contribution in [2.45, 2.75) is 32.0 Å². The van der Waals surface area contributed by atoms with Crippen molar-refractivity contribution in [2.24, 2.45) is 5.92 Å². The van der Waals surface area contributed by atoms with E-state index in [0.29, 0.717) is 58.0 Å². The molecule has 1 aromatic heterocycles. The van der Waals surface area contributed by atoms with Crippen LogP contribution in [0.15, 0.2) is 46.3 Å². The van der Waals surface area contributed by atoms with Gasteiger partial charge in [-0.2, -0.15) is 0 Å². The van der Waals surface area contributed by atoms with Gasteiger partial charge in [-0.3, -0.25) is 14.2 Å². The van der Waals surface area contributed by atoms with Gasteiger partial charge in [0.15, 0.2) is 16.7 Å². The lowest BCUT2D eigenvalue weighted by molar-refractivity contribution is -0.113. The third-order valence-electron chi connectivity index (χ3n) is 4.79. The zero-order valence-corrected chi connectivity index (χ0v) is 19.5. The van der Waals surface area contributed by atoms with Crippen molar-refractivity contribution < 1.29 is 14.3 Å². The first-order valence-electron chi connectivity index (χ1n) is 10.4. The maximum absolute atomic E-state index is 13.1. The highest BCUT2D eigenvalue weighted by Crippen LogP contribution is 2.32. The lowest BCUT2D eigenvalue weighted by Gasteiger charge is -2.15. The first kappa shape index (κ1) is 22.5. The van der Waals surface area contributed by atoms with E-state index in [4.69, 9.17) is 21.1 Å². The largest absolute Gasteiger partial charge is 0.490 e. The molecule has 0 bridgehead atoms. The van der Waals surface area contributed by atoms with Crippen LogP contribution >= 0.6 is 23.4 Å². The number of hydrogen-bond donors (Lipinski definition) is 1. The minimum absolute atomic E-state index is 0.109. The summed E-state index contributed by atoms with van der Waals surface area (Å²) in [7, 11) is 0. The number of anilines is 1. The molecule has 32 heavy (non-hydrogen) atoms. The summed E-state index contributed by atoms with van der Waals surface area (Å²) < 4.78 is 12.9. The molecule has 1 aliphatic rings. The van der Waals surface area contributed by atoms with Gasteiger partial charge in [0.25, 0.3) is 5.56 Å². The minimum Gasteiger partial charge on any atom is -0.490 e. The molecule has 1 N–H and O–H groups in total. The first-order valence-corrected chi connectivity index (χ1v) is 11.8. The summed E-state index contributed by atoms with van der Waals surface area (Å²) in [5.74, 6) is 1.44. The smallest absolute Gasteiger partial charge is 0.262 e. The quantitative estimate of drug-likeness (QED) is 0.416. The van der Waals surface area contributed by atoms with Crippen LogP contribution in [0.1, 0.15) is 20.3 Å². The summed E-state index contributed by atoms with van der Waals surface area (Å²) in [6.07, 6.45) is 0.816. The Morgan fingerprint density at radius 2 is 1.97 bits per heavy atom. The maximum atomic E-state index is 13.1. The topological polar surface area (TPSA) is 82.5 Å². The summed E-state index contributed by atoms with van der Waals surface area (Å²) in [5, 5.41) is 4.34. The fourth-order valence-electron chi connectivity index (χ4n) is 3.38. The number of rotatable bonds is 6. The van der Waals surface area contributed by atoms with Crippen molar-refractivity contribution in [1.82, 2.24) is 9.55 Å². The van der Waals surface area contributed by atoms with Crippen LogP contribution in [0.3, 0.4) is 0 Å². The average molecular weight is 474 g/mol. The van der Waals surface area contributed by atoms with Gasteiger partial charge < -0.3 is 14.8 Å². The fourth-order valence-corrected chi connectivity index (χ4v) is 4.36. The second-order valence-electron chi connectivity index (χ2n) is 7.91. The van der Waals surface area contributed by atoms with E-state index < -0.39 is 0 Å². The van der Waals surface area contributed by atoms with Crippen LogP contribution in [0.5, 0.6) is 11.5 Å². The normalized spacial score (nSPS) is 13.2. The molecule has 0 aliphatic carbocycles. The second kappa shape index (κ2) is 9.83. The standard InChI is InChI=1S/C23H24ClN3O4S/c1-14(2)12-27-22(29)17-10-15(24)4-6-18(17)26-23(27)32-13-21(28)25-16-5-7-19-20(11-16)31-9-3-8-30-19/h4-7,10-11,14H,3,8-9,12-13H2,1-2H3,(H,25,28). The van der Waals surface area contributed by atoms with E-state index in [2.05, 4.69) is 10.3 Å². The minimum atomic E-state index is -0.203. The molecule has 0 unspecified atom stereocenters. The Kier molecular flexibility index (Phi) is 6.91. The summed E-state index contributed by atoms with van der Waals surface area (Å²) >= 11 is 7.30. The molecule has 168 valence electrons. The van der Waals surface area contributed by atoms with E-state index in [0.717, 1.165) is 6.42 Å². The number of carbonyl (C=O) groups is 1. The Hall–Kier alpha value is -2.71. The molecule has 1 aliphatic heterocycles. The van der Waals surface area contributed by atoms with Crippen LogP contribution in [-0.4, -0.2) is 34.4 Å². The van der Waals surface area contributed by atoms with Crippen molar-refractivity contribution in [3.05, 3.63) is 51.8 Å². The highest BCUT2D eigenvalue weighted by Gasteiger charge is 2.16. The fraction of sp³-hybridized carbons (Fsp3) is 0.348. The third kappa shape index (κ3) is 5.19. The van der Waals surface area contributed by atoms with Gasteiger partial charge in [0, 0.05) is 29.7 Å². The second-order valence-corrected chi connectivity index (χ2v) is 9.29. The van der Waals surface area contributed by atoms with Crippen LogP contribution in [0, 0.1) is 5.92 Å². The van der Waals surface area contributed by atoms with Gasteiger partial charge in [0.1, 0.15) is 0 Å². The summed E-state index contributed by atoms with van der Waals surface area (Å²) in [6.45, 7) is 5.74.